The first-order valence-corrected chi connectivity index (χ1v) is 5.66. The van der Waals surface area contributed by atoms with Gasteiger partial charge in [0.1, 0.15) is 0 Å². The van der Waals surface area contributed by atoms with Gasteiger partial charge in [0, 0.05) is 11.8 Å². The summed E-state index contributed by atoms with van der Waals surface area (Å²) < 4.78 is 4.81. The van der Waals surface area contributed by atoms with Crippen LogP contribution in [-0.2, 0) is 9.53 Å². The molecule has 0 saturated carbocycles. The van der Waals surface area contributed by atoms with Crippen LogP contribution in [0.25, 0.3) is 0 Å². The number of esters is 1. The highest BCUT2D eigenvalue weighted by Crippen LogP contribution is 2.21. The second-order valence-corrected chi connectivity index (χ2v) is 3.95. The molecule has 0 aromatic heterocycles. The van der Waals surface area contributed by atoms with Crippen molar-refractivity contribution >= 4 is 5.97 Å². The second-order valence-electron chi connectivity index (χ2n) is 3.95. The van der Waals surface area contributed by atoms with Crippen molar-refractivity contribution in [1.82, 2.24) is 0 Å². The SMILES string of the molecule is CCC[C@@H](C)[C@@H](C)C(N)=CC(=O)OCC. The monoisotopic (exact) mass is 213 g/mol. The Kier molecular flexibility index (Phi) is 6.84. The molecular weight excluding hydrogens is 190 g/mol. The first-order valence-electron chi connectivity index (χ1n) is 5.66. The van der Waals surface area contributed by atoms with E-state index in [9.17, 15) is 4.79 Å². The Balaban J connectivity index is 4.28. The molecule has 2 atom stereocenters. The fourth-order valence-corrected chi connectivity index (χ4v) is 1.49. The smallest absolute Gasteiger partial charge is 0.332 e. The number of hydrogen-bond acceptors (Lipinski definition) is 3. The lowest BCUT2D eigenvalue weighted by atomic mass is 9.89. The summed E-state index contributed by atoms with van der Waals surface area (Å²) in [5, 5.41) is 0. The summed E-state index contributed by atoms with van der Waals surface area (Å²) >= 11 is 0. The molecule has 88 valence electrons. The molecule has 0 aliphatic rings. The maximum Gasteiger partial charge on any atom is 0.332 e. The van der Waals surface area contributed by atoms with E-state index in [0.717, 1.165) is 12.8 Å². The van der Waals surface area contributed by atoms with Crippen LogP contribution in [0.1, 0.15) is 40.5 Å². The molecule has 0 saturated heterocycles. The highest BCUT2D eigenvalue weighted by molar-refractivity contribution is 5.82. The van der Waals surface area contributed by atoms with Crippen molar-refractivity contribution in [2.75, 3.05) is 6.61 Å². The van der Waals surface area contributed by atoms with E-state index in [1.807, 2.05) is 6.92 Å². The predicted octanol–water partition coefficient (Wildman–Crippen LogP) is 2.46. The van der Waals surface area contributed by atoms with Crippen LogP contribution < -0.4 is 5.73 Å². The lowest BCUT2D eigenvalue weighted by Gasteiger charge is -2.19. The molecule has 0 aliphatic carbocycles. The quantitative estimate of drug-likeness (QED) is 0.544. The van der Waals surface area contributed by atoms with Gasteiger partial charge in [-0.15, -0.1) is 0 Å². The van der Waals surface area contributed by atoms with Crippen molar-refractivity contribution in [3.05, 3.63) is 11.8 Å². The van der Waals surface area contributed by atoms with Gasteiger partial charge >= 0.3 is 5.97 Å². The number of rotatable bonds is 6. The highest BCUT2D eigenvalue weighted by atomic mass is 16.5. The Hall–Kier alpha value is -0.990. The molecule has 3 heteroatoms. The number of carbonyl (C=O) groups is 1. The summed E-state index contributed by atoms with van der Waals surface area (Å²) in [5.41, 5.74) is 6.46. The summed E-state index contributed by atoms with van der Waals surface area (Å²) in [6.45, 7) is 8.52. The van der Waals surface area contributed by atoms with E-state index in [-0.39, 0.29) is 11.9 Å². The van der Waals surface area contributed by atoms with E-state index in [0.29, 0.717) is 18.2 Å². The van der Waals surface area contributed by atoms with Crippen molar-refractivity contribution < 1.29 is 9.53 Å². The molecule has 0 heterocycles. The second kappa shape index (κ2) is 7.32. The number of ether oxygens (including phenoxy) is 1. The minimum absolute atomic E-state index is 0.231. The molecule has 0 aliphatic heterocycles. The third kappa shape index (κ3) is 5.45. The minimum atomic E-state index is -0.342. The van der Waals surface area contributed by atoms with E-state index in [1.165, 1.54) is 6.08 Å². The fraction of sp³-hybridized carbons (Fsp3) is 0.750. The summed E-state index contributed by atoms with van der Waals surface area (Å²) in [6.07, 6.45) is 3.66. The van der Waals surface area contributed by atoms with Gasteiger partial charge < -0.3 is 10.5 Å². The number of carbonyl (C=O) groups excluding carboxylic acids is 1. The molecule has 0 aromatic rings. The lowest BCUT2D eigenvalue weighted by Crippen LogP contribution is -2.18. The van der Waals surface area contributed by atoms with Gasteiger partial charge in [0.05, 0.1) is 6.61 Å². The molecule has 0 rings (SSSR count). The number of nitrogens with two attached hydrogens (primary N) is 1. The Labute approximate surface area is 92.7 Å². The zero-order chi connectivity index (χ0) is 11.8. The molecule has 0 bridgehead atoms. The van der Waals surface area contributed by atoms with E-state index in [4.69, 9.17) is 10.5 Å². The molecule has 15 heavy (non-hydrogen) atoms. The zero-order valence-electron chi connectivity index (χ0n) is 10.2. The van der Waals surface area contributed by atoms with Crippen LogP contribution in [0.5, 0.6) is 0 Å². The summed E-state index contributed by atoms with van der Waals surface area (Å²) in [5.74, 6) is 0.389. The number of hydrogen-bond donors (Lipinski definition) is 1. The molecule has 0 amide bonds. The van der Waals surface area contributed by atoms with Gasteiger partial charge in [-0.3, -0.25) is 0 Å². The third-order valence-electron chi connectivity index (χ3n) is 2.69. The Bertz CT molecular complexity index is 224. The van der Waals surface area contributed by atoms with Crippen molar-refractivity contribution in [2.24, 2.45) is 17.6 Å². The zero-order valence-corrected chi connectivity index (χ0v) is 10.2. The van der Waals surface area contributed by atoms with E-state index >= 15 is 0 Å². The van der Waals surface area contributed by atoms with Crippen LogP contribution in [-0.4, -0.2) is 12.6 Å². The van der Waals surface area contributed by atoms with Gasteiger partial charge in [0.2, 0.25) is 0 Å². The van der Waals surface area contributed by atoms with Gasteiger partial charge in [0.25, 0.3) is 0 Å². The van der Waals surface area contributed by atoms with Crippen LogP contribution in [0.15, 0.2) is 11.8 Å². The average molecular weight is 213 g/mol. The van der Waals surface area contributed by atoms with Crippen LogP contribution in [0, 0.1) is 11.8 Å². The Morgan fingerprint density at radius 1 is 1.40 bits per heavy atom. The fourth-order valence-electron chi connectivity index (χ4n) is 1.49. The van der Waals surface area contributed by atoms with E-state index in [2.05, 4.69) is 13.8 Å². The Morgan fingerprint density at radius 2 is 2.00 bits per heavy atom. The maximum atomic E-state index is 11.2. The number of allylic oxidation sites excluding steroid dienone is 1. The molecular formula is C12H23NO2. The van der Waals surface area contributed by atoms with Crippen molar-refractivity contribution in [1.29, 1.82) is 0 Å². The largest absolute Gasteiger partial charge is 0.463 e. The van der Waals surface area contributed by atoms with Gasteiger partial charge in [-0.25, -0.2) is 4.79 Å². The molecule has 3 nitrogen and oxygen atoms in total. The van der Waals surface area contributed by atoms with Gasteiger partial charge in [0.15, 0.2) is 0 Å². The average Bonchev–Trinajstić information content (AvgIpc) is 2.17. The van der Waals surface area contributed by atoms with Crippen LogP contribution >= 0.6 is 0 Å². The van der Waals surface area contributed by atoms with Crippen LogP contribution in [0.3, 0.4) is 0 Å². The van der Waals surface area contributed by atoms with Crippen molar-refractivity contribution in [3.8, 4) is 0 Å². The molecule has 0 aromatic carbocycles. The van der Waals surface area contributed by atoms with Crippen LogP contribution in [0.4, 0.5) is 0 Å². The first-order chi connectivity index (χ1) is 7.02. The summed E-state index contributed by atoms with van der Waals surface area (Å²) in [4.78, 5) is 11.2. The van der Waals surface area contributed by atoms with Gasteiger partial charge in [-0.2, -0.15) is 0 Å². The van der Waals surface area contributed by atoms with E-state index < -0.39 is 0 Å². The Morgan fingerprint density at radius 3 is 2.47 bits per heavy atom. The lowest BCUT2D eigenvalue weighted by molar-refractivity contribution is -0.137. The van der Waals surface area contributed by atoms with Gasteiger partial charge in [-0.1, -0.05) is 33.6 Å². The molecule has 2 N–H and O–H groups in total. The maximum absolute atomic E-state index is 11.2. The molecule has 0 fully saturated rings. The topological polar surface area (TPSA) is 52.3 Å². The molecule has 0 radical (unpaired) electrons. The summed E-state index contributed by atoms with van der Waals surface area (Å²) in [6, 6.07) is 0. The first kappa shape index (κ1) is 14.0. The normalized spacial score (nSPS) is 15.9. The van der Waals surface area contributed by atoms with Crippen molar-refractivity contribution in [2.45, 2.75) is 40.5 Å². The standard InChI is InChI=1S/C12H23NO2/c1-5-7-9(3)10(4)11(13)8-12(14)15-6-2/h8-10H,5-7,13H2,1-4H3/t9-,10-/m1/s1. The predicted molar refractivity (Wildman–Crippen MR) is 62.1 cm³/mol. The third-order valence-corrected chi connectivity index (χ3v) is 2.69. The minimum Gasteiger partial charge on any atom is -0.463 e. The molecule has 0 unspecified atom stereocenters. The van der Waals surface area contributed by atoms with Gasteiger partial charge in [-0.05, 0) is 18.8 Å². The van der Waals surface area contributed by atoms with E-state index in [1.54, 1.807) is 6.92 Å². The van der Waals surface area contributed by atoms with Crippen molar-refractivity contribution in [3.63, 3.8) is 0 Å². The highest BCUT2D eigenvalue weighted by Gasteiger charge is 2.14. The summed E-state index contributed by atoms with van der Waals surface area (Å²) in [7, 11) is 0. The molecule has 0 spiro atoms. The van der Waals surface area contributed by atoms with Crippen LogP contribution in [0.2, 0.25) is 0 Å².